The average Bonchev–Trinajstić information content (AvgIpc) is 2.66. The van der Waals surface area contributed by atoms with E-state index in [-0.39, 0.29) is 22.9 Å². The number of carbonyl (C=O) groups excluding carboxylic acids is 2. The Morgan fingerprint density at radius 2 is 1.47 bits per heavy atom. The summed E-state index contributed by atoms with van der Waals surface area (Å²) in [6.45, 7) is 3.72. The summed E-state index contributed by atoms with van der Waals surface area (Å²) in [7, 11) is 0. The fourth-order valence-electron chi connectivity index (χ4n) is 6.41. The van der Waals surface area contributed by atoms with Crippen LogP contribution in [0.15, 0.2) is 30.6 Å². The van der Waals surface area contributed by atoms with Crippen molar-refractivity contribution in [3.63, 3.8) is 0 Å². The molecule has 2 aromatic rings. The second-order valence-corrected chi connectivity index (χ2v) is 9.64. The van der Waals surface area contributed by atoms with E-state index in [1.807, 2.05) is 26.0 Å². The Morgan fingerprint density at radius 3 is 2.07 bits per heavy atom. The molecule has 0 spiro atoms. The second kappa shape index (κ2) is 6.86. The number of amides is 2. The van der Waals surface area contributed by atoms with Crippen LogP contribution >= 0.6 is 0 Å². The first-order valence-electron chi connectivity index (χ1n) is 10.7. The van der Waals surface area contributed by atoms with Gasteiger partial charge in [-0.25, -0.2) is 9.97 Å². The van der Waals surface area contributed by atoms with Crippen LogP contribution < -0.4 is 10.6 Å². The van der Waals surface area contributed by atoms with Crippen LogP contribution in [-0.4, -0.2) is 37.8 Å². The van der Waals surface area contributed by atoms with E-state index in [4.69, 9.17) is 0 Å². The maximum absolute atomic E-state index is 13.0. The molecule has 4 aliphatic carbocycles. The highest BCUT2D eigenvalue weighted by Gasteiger charge is 2.58. The molecule has 0 aliphatic heterocycles. The first-order chi connectivity index (χ1) is 14.3. The van der Waals surface area contributed by atoms with Crippen LogP contribution in [-0.2, 0) is 0 Å². The van der Waals surface area contributed by atoms with Crippen LogP contribution in [0.5, 0.6) is 0 Å². The van der Waals surface area contributed by atoms with Gasteiger partial charge in [-0.1, -0.05) is 6.07 Å². The van der Waals surface area contributed by atoms with Crippen LogP contribution in [0.3, 0.4) is 0 Å². The molecule has 4 fully saturated rings. The summed E-state index contributed by atoms with van der Waals surface area (Å²) < 4.78 is 0. The quantitative estimate of drug-likeness (QED) is 0.815. The predicted molar refractivity (Wildman–Crippen MR) is 111 cm³/mol. The third-order valence-corrected chi connectivity index (χ3v) is 6.93. The molecule has 0 radical (unpaired) electrons. The zero-order valence-corrected chi connectivity index (χ0v) is 17.4. The van der Waals surface area contributed by atoms with Crippen molar-refractivity contribution in [2.75, 3.05) is 0 Å². The summed E-state index contributed by atoms with van der Waals surface area (Å²) in [6.07, 6.45) is 8.99. The van der Waals surface area contributed by atoms with Crippen molar-refractivity contribution in [2.45, 2.75) is 63.5 Å². The lowest BCUT2D eigenvalue weighted by Crippen LogP contribution is -2.70. The number of nitrogens with one attached hydrogen (secondary N) is 2. The highest BCUT2D eigenvalue weighted by Crippen LogP contribution is 2.57. The van der Waals surface area contributed by atoms with E-state index in [1.165, 1.54) is 12.6 Å². The molecule has 7 heteroatoms. The Hall–Kier alpha value is -2.83. The van der Waals surface area contributed by atoms with Crippen molar-refractivity contribution < 1.29 is 9.59 Å². The molecule has 156 valence electrons. The average molecular weight is 406 g/mol. The third-order valence-electron chi connectivity index (χ3n) is 6.93. The molecular weight excluding hydrogens is 378 g/mol. The topological polar surface area (TPSA) is 96.9 Å². The number of hydrogen-bond acceptors (Lipinski definition) is 5. The van der Waals surface area contributed by atoms with Crippen LogP contribution in [0, 0.1) is 25.7 Å². The smallest absolute Gasteiger partial charge is 0.271 e. The van der Waals surface area contributed by atoms with Gasteiger partial charge in [0.15, 0.2) is 0 Å². The molecule has 0 aromatic carbocycles. The zero-order valence-electron chi connectivity index (χ0n) is 17.4. The van der Waals surface area contributed by atoms with E-state index < -0.39 is 0 Å². The number of hydrogen-bond donors (Lipinski definition) is 2. The number of carbonyl (C=O) groups is 2. The first-order valence-corrected chi connectivity index (χ1v) is 10.7. The van der Waals surface area contributed by atoms with Gasteiger partial charge in [-0.3, -0.25) is 14.6 Å². The summed E-state index contributed by atoms with van der Waals surface area (Å²) in [6, 6.07) is 5.51. The largest absolute Gasteiger partial charge is 0.345 e. The minimum absolute atomic E-state index is 0.119. The SMILES string of the molecule is Cc1cccc(C(=O)NC23CC4CC(C2)CC(NC(=O)c2cncc(C)n2)(C4)C3)n1. The molecule has 4 aliphatic rings. The van der Waals surface area contributed by atoms with Gasteiger partial charge in [-0.05, 0) is 76.3 Å². The molecule has 2 N–H and O–H groups in total. The molecule has 2 aromatic heterocycles. The van der Waals surface area contributed by atoms with Crippen molar-refractivity contribution >= 4 is 11.8 Å². The lowest BCUT2D eigenvalue weighted by atomic mass is 9.49. The Kier molecular flexibility index (Phi) is 4.38. The van der Waals surface area contributed by atoms with Crippen molar-refractivity contribution in [3.8, 4) is 0 Å². The number of nitrogens with zero attached hydrogens (tertiary/aromatic N) is 3. The Labute approximate surface area is 176 Å². The summed E-state index contributed by atoms with van der Waals surface area (Å²) in [4.78, 5) is 38.8. The molecule has 6 rings (SSSR count). The summed E-state index contributed by atoms with van der Waals surface area (Å²) in [5, 5.41) is 6.64. The van der Waals surface area contributed by atoms with Crippen LogP contribution in [0.4, 0.5) is 0 Å². The van der Waals surface area contributed by atoms with Gasteiger partial charge in [-0.15, -0.1) is 0 Å². The van der Waals surface area contributed by atoms with Gasteiger partial charge >= 0.3 is 0 Å². The fraction of sp³-hybridized carbons (Fsp3) is 0.522. The van der Waals surface area contributed by atoms with Gasteiger partial charge in [0.2, 0.25) is 0 Å². The minimum atomic E-state index is -0.292. The Balaban J connectivity index is 1.38. The van der Waals surface area contributed by atoms with Gasteiger partial charge in [0.05, 0.1) is 11.9 Å². The van der Waals surface area contributed by atoms with Crippen LogP contribution in [0.2, 0.25) is 0 Å². The lowest BCUT2D eigenvalue weighted by Gasteiger charge is -2.62. The number of pyridine rings is 1. The van der Waals surface area contributed by atoms with E-state index in [2.05, 4.69) is 25.6 Å². The van der Waals surface area contributed by atoms with Gasteiger partial charge in [0.1, 0.15) is 11.4 Å². The van der Waals surface area contributed by atoms with Crippen molar-refractivity contribution in [3.05, 3.63) is 53.4 Å². The number of rotatable bonds is 4. The summed E-state index contributed by atoms with van der Waals surface area (Å²) in [5.41, 5.74) is 1.79. The standard InChI is InChI=1S/C23H27N5O2/c1-14-4-3-5-18(25-14)20(29)27-22-7-16-6-17(8-22)10-23(9-16,13-22)28-21(30)19-12-24-11-15(2)26-19/h3-5,11-12,16-17H,6-10,13H2,1-2H3,(H,27,29)(H,28,30). The van der Waals surface area contributed by atoms with E-state index in [9.17, 15) is 9.59 Å². The predicted octanol–water partition coefficient (Wildman–Crippen LogP) is 2.74. The molecule has 2 amide bonds. The second-order valence-electron chi connectivity index (χ2n) is 9.64. The van der Waals surface area contributed by atoms with Crippen molar-refractivity contribution in [1.82, 2.24) is 25.6 Å². The number of aromatic nitrogens is 3. The summed E-state index contributed by atoms with van der Waals surface area (Å²) in [5.74, 6) is 0.739. The molecule has 2 atom stereocenters. The maximum Gasteiger partial charge on any atom is 0.271 e. The van der Waals surface area contributed by atoms with Crippen molar-refractivity contribution in [1.29, 1.82) is 0 Å². The fourth-order valence-corrected chi connectivity index (χ4v) is 6.41. The molecule has 30 heavy (non-hydrogen) atoms. The normalized spacial score (nSPS) is 31.4. The minimum Gasteiger partial charge on any atom is -0.345 e. The first kappa shape index (κ1) is 19.2. The van der Waals surface area contributed by atoms with Crippen molar-refractivity contribution in [2.24, 2.45) is 11.8 Å². The highest BCUT2D eigenvalue weighted by atomic mass is 16.2. The lowest BCUT2D eigenvalue weighted by molar-refractivity contribution is -0.0449. The molecule has 4 bridgehead atoms. The van der Waals surface area contributed by atoms with Gasteiger partial charge in [0, 0.05) is 23.0 Å². The third kappa shape index (κ3) is 3.46. The zero-order chi connectivity index (χ0) is 20.9. The van der Waals surface area contributed by atoms with E-state index in [0.717, 1.165) is 43.5 Å². The van der Waals surface area contributed by atoms with E-state index >= 15 is 0 Å². The molecule has 2 unspecified atom stereocenters. The van der Waals surface area contributed by atoms with Crippen LogP contribution in [0.25, 0.3) is 0 Å². The highest BCUT2D eigenvalue weighted by molar-refractivity contribution is 5.93. The Morgan fingerprint density at radius 1 is 0.867 bits per heavy atom. The molecule has 7 nitrogen and oxygen atoms in total. The summed E-state index contributed by atoms with van der Waals surface area (Å²) >= 11 is 0. The molecule has 0 saturated heterocycles. The van der Waals surface area contributed by atoms with Gasteiger partial charge < -0.3 is 10.6 Å². The van der Waals surface area contributed by atoms with Gasteiger partial charge in [-0.2, -0.15) is 0 Å². The Bertz CT molecular complexity index is 929. The van der Waals surface area contributed by atoms with Gasteiger partial charge in [0.25, 0.3) is 11.8 Å². The monoisotopic (exact) mass is 405 g/mol. The molecule has 4 saturated carbocycles. The van der Waals surface area contributed by atoms with Crippen LogP contribution in [0.1, 0.15) is 70.9 Å². The molecule has 2 heterocycles. The van der Waals surface area contributed by atoms with E-state index in [1.54, 1.807) is 12.3 Å². The van der Waals surface area contributed by atoms with E-state index in [0.29, 0.717) is 23.2 Å². The molecular formula is C23H27N5O2. The maximum atomic E-state index is 13.0. The number of aryl methyl sites for hydroxylation is 2.